The van der Waals surface area contributed by atoms with Crippen LogP contribution in [-0.4, -0.2) is 12.6 Å². The molecule has 1 aliphatic carbocycles. The number of halogens is 1. The monoisotopic (exact) mass is 251 g/mol. The van der Waals surface area contributed by atoms with Crippen LogP contribution < -0.4 is 5.32 Å². The molecule has 1 heterocycles. The van der Waals surface area contributed by atoms with E-state index in [1.165, 1.54) is 35.8 Å². The third-order valence-corrected chi connectivity index (χ3v) is 4.32. The summed E-state index contributed by atoms with van der Waals surface area (Å²) in [6.45, 7) is 1.18. The highest BCUT2D eigenvalue weighted by Crippen LogP contribution is 2.45. The minimum Gasteiger partial charge on any atom is -0.313 e. The molecule has 1 saturated heterocycles. The molecule has 1 nitrogen and oxygen atoms in total. The van der Waals surface area contributed by atoms with Gasteiger partial charge in [0.15, 0.2) is 0 Å². The lowest BCUT2D eigenvalue weighted by Gasteiger charge is -2.26. The second kappa shape index (κ2) is 3.07. The van der Waals surface area contributed by atoms with Gasteiger partial charge in [-0.05, 0) is 37.0 Å². The highest BCUT2D eigenvalue weighted by molar-refractivity contribution is 9.10. The van der Waals surface area contributed by atoms with E-state index in [2.05, 4.69) is 45.5 Å². The molecule has 2 atom stereocenters. The summed E-state index contributed by atoms with van der Waals surface area (Å²) in [5, 5.41) is 3.60. The standard InChI is InChI=1S/C12H14BrN/c13-10-3-1-9(2-4-10)12-6-5-11(7-12)14-8-12/h1-4,11,14H,5-8H2. The Hall–Kier alpha value is -0.340. The lowest BCUT2D eigenvalue weighted by atomic mass is 9.80. The third kappa shape index (κ3) is 1.24. The van der Waals surface area contributed by atoms with Crippen molar-refractivity contribution in [3.05, 3.63) is 34.3 Å². The van der Waals surface area contributed by atoms with E-state index >= 15 is 0 Å². The van der Waals surface area contributed by atoms with Gasteiger partial charge in [-0.2, -0.15) is 0 Å². The molecule has 1 aromatic rings. The first kappa shape index (κ1) is 8.93. The van der Waals surface area contributed by atoms with Crippen molar-refractivity contribution in [2.24, 2.45) is 0 Å². The predicted octanol–water partition coefficient (Wildman–Crippen LogP) is 2.84. The van der Waals surface area contributed by atoms with Gasteiger partial charge in [0.25, 0.3) is 0 Å². The average Bonchev–Trinajstić information content (AvgIpc) is 2.79. The summed E-state index contributed by atoms with van der Waals surface area (Å²) in [7, 11) is 0. The first-order valence-corrected chi connectivity index (χ1v) is 6.07. The topological polar surface area (TPSA) is 12.0 Å². The van der Waals surface area contributed by atoms with Crippen LogP contribution in [0.4, 0.5) is 0 Å². The molecule has 0 spiro atoms. The maximum Gasteiger partial charge on any atom is 0.0175 e. The smallest absolute Gasteiger partial charge is 0.0175 e. The van der Waals surface area contributed by atoms with Crippen LogP contribution in [0.25, 0.3) is 0 Å². The quantitative estimate of drug-likeness (QED) is 0.810. The van der Waals surface area contributed by atoms with Crippen molar-refractivity contribution in [1.82, 2.24) is 5.32 Å². The van der Waals surface area contributed by atoms with Crippen LogP contribution in [0.2, 0.25) is 0 Å². The fourth-order valence-corrected chi connectivity index (χ4v) is 3.23. The van der Waals surface area contributed by atoms with Crippen molar-refractivity contribution < 1.29 is 0 Å². The summed E-state index contributed by atoms with van der Waals surface area (Å²) in [5.74, 6) is 0. The Morgan fingerprint density at radius 1 is 1.29 bits per heavy atom. The molecule has 0 radical (unpaired) electrons. The SMILES string of the molecule is Brc1ccc(C23CCC(C2)NC3)cc1. The van der Waals surface area contributed by atoms with E-state index in [9.17, 15) is 0 Å². The molecule has 2 heteroatoms. The molecular weight excluding hydrogens is 238 g/mol. The van der Waals surface area contributed by atoms with Crippen molar-refractivity contribution in [3.8, 4) is 0 Å². The number of nitrogens with one attached hydrogen (secondary N) is 1. The molecule has 2 fully saturated rings. The van der Waals surface area contributed by atoms with Crippen LogP contribution in [0.1, 0.15) is 24.8 Å². The van der Waals surface area contributed by atoms with Crippen LogP contribution in [0, 0.1) is 0 Å². The first-order valence-electron chi connectivity index (χ1n) is 5.28. The molecular formula is C12H14BrN. The summed E-state index contributed by atoms with van der Waals surface area (Å²) in [6.07, 6.45) is 4.07. The van der Waals surface area contributed by atoms with E-state index in [-0.39, 0.29) is 0 Å². The van der Waals surface area contributed by atoms with E-state index in [1.54, 1.807) is 0 Å². The number of hydrogen-bond acceptors (Lipinski definition) is 1. The fourth-order valence-electron chi connectivity index (χ4n) is 2.97. The van der Waals surface area contributed by atoms with Crippen molar-refractivity contribution in [3.63, 3.8) is 0 Å². The van der Waals surface area contributed by atoms with Gasteiger partial charge in [0.05, 0.1) is 0 Å². The molecule has 2 bridgehead atoms. The Kier molecular flexibility index (Phi) is 1.96. The van der Waals surface area contributed by atoms with E-state index in [4.69, 9.17) is 0 Å². The number of hydrogen-bond donors (Lipinski definition) is 1. The third-order valence-electron chi connectivity index (χ3n) is 3.79. The zero-order chi connectivity index (χ0) is 9.60. The highest BCUT2D eigenvalue weighted by atomic mass is 79.9. The van der Waals surface area contributed by atoms with Gasteiger partial charge in [-0.25, -0.2) is 0 Å². The summed E-state index contributed by atoms with van der Waals surface area (Å²) in [6, 6.07) is 9.67. The zero-order valence-corrected chi connectivity index (χ0v) is 9.68. The molecule has 0 aromatic heterocycles. The molecule has 0 amide bonds. The Balaban J connectivity index is 1.98. The van der Waals surface area contributed by atoms with Gasteiger partial charge in [-0.1, -0.05) is 28.1 Å². The van der Waals surface area contributed by atoms with E-state index in [1.807, 2.05) is 0 Å². The Morgan fingerprint density at radius 3 is 2.57 bits per heavy atom. The summed E-state index contributed by atoms with van der Waals surface area (Å²) in [4.78, 5) is 0. The van der Waals surface area contributed by atoms with Gasteiger partial charge in [0.2, 0.25) is 0 Å². The molecule has 1 N–H and O–H groups in total. The predicted molar refractivity (Wildman–Crippen MR) is 61.5 cm³/mol. The molecule has 14 heavy (non-hydrogen) atoms. The van der Waals surface area contributed by atoms with Crippen LogP contribution in [0.3, 0.4) is 0 Å². The van der Waals surface area contributed by atoms with Crippen molar-refractivity contribution in [1.29, 1.82) is 0 Å². The average molecular weight is 252 g/mol. The highest BCUT2D eigenvalue weighted by Gasteiger charge is 2.45. The van der Waals surface area contributed by atoms with E-state index < -0.39 is 0 Å². The minimum atomic E-state index is 0.464. The lowest BCUT2D eigenvalue weighted by molar-refractivity contribution is 0.439. The van der Waals surface area contributed by atoms with Gasteiger partial charge >= 0.3 is 0 Å². The Morgan fingerprint density at radius 2 is 2.07 bits per heavy atom. The van der Waals surface area contributed by atoms with Gasteiger partial charge in [-0.15, -0.1) is 0 Å². The van der Waals surface area contributed by atoms with Crippen LogP contribution in [0.5, 0.6) is 0 Å². The van der Waals surface area contributed by atoms with Crippen molar-refractivity contribution in [2.45, 2.75) is 30.7 Å². The van der Waals surface area contributed by atoms with Gasteiger partial charge in [-0.3, -0.25) is 0 Å². The van der Waals surface area contributed by atoms with Gasteiger partial charge in [0, 0.05) is 22.5 Å². The van der Waals surface area contributed by atoms with Gasteiger partial charge < -0.3 is 5.32 Å². The van der Waals surface area contributed by atoms with E-state index in [0.717, 1.165) is 6.04 Å². The molecule has 1 saturated carbocycles. The summed E-state index contributed by atoms with van der Waals surface area (Å²) >= 11 is 3.49. The molecule has 74 valence electrons. The maximum atomic E-state index is 3.60. The first-order chi connectivity index (χ1) is 6.78. The van der Waals surface area contributed by atoms with Crippen molar-refractivity contribution >= 4 is 15.9 Å². The summed E-state index contributed by atoms with van der Waals surface area (Å²) in [5.41, 5.74) is 1.99. The van der Waals surface area contributed by atoms with E-state index in [0.29, 0.717) is 5.41 Å². The summed E-state index contributed by atoms with van der Waals surface area (Å²) < 4.78 is 1.18. The van der Waals surface area contributed by atoms with Crippen LogP contribution in [0.15, 0.2) is 28.7 Å². The largest absolute Gasteiger partial charge is 0.313 e. The molecule has 2 aliphatic rings. The Labute approximate surface area is 93.0 Å². The zero-order valence-electron chi connectivity index (χ0n) is 8.09. The second-order valence-electron chi connectivity index (χ2n) is 4.61. The molecule has 2 unspecified atom stereocenters. The number of fused-ring (bicyclic) bond motifs is 2. The number of piperidine rings is 1. The molecule has 1 aromatic carbocycles. The normalized spacial score (nSPS) is 35.1. The number of rotatable bonds is 1. The second-order valence-corrected chi connectivity index (χ2v) is 5.52. The number of benzene rings is 1. The van der Waals surface area contributed by atoms with Crippen LogP contribution in [-0.2, 0) is 5.41 Å². The molecule has 3 rings (SSSR count). The minimum absolute atomic E-state index is 0.464. The Bertz CT molecular complexity index is 336. The van der Waals surface area contributed by atoms with Crippen LogP contribution >= 0.6 is 15.9 Å². The fraction of sp³-hybridized carbons (Fsp3) is 0.500. The maximum absolute atomic E-state index is 3.60. The molecule has 1 aliphatic heterocycles. The van der Waals surface area contributed by atoms with Gasteiger partial charge in [0.1, 0.15) is 0 Å². The van der Waals surface area contributed by atoms with Crippen molar-refractivity contribution in [2.75, 3.05) is 6.54 Å². The lowest BCUT2D eigenvalue weighted by Crippen LogP contribution is -2.32.